The van der Waals surface area contributed by atoms with E-state index in [0.717, 1.165) is 0 Å². The molecular weight excluding hydrogens is 326 g/mol. The number of piperazine rings is 1. The average molecular weight is 349 g/mol. The summed E-state index contributed by atoms with van der Waals surface area (Å²) in [6.07, 6.45) is -0.360. The second kappa shape index (κ2) is 9.51. The summed E-state index contributed by atoms with van der Waals surface area (Å²) in [5.74, 6) is 0.0537. The number of hydrogen-bond acceptors (Lipinski definition) is 5. The molecular formula is C17H23N3O5. The maximum Gasteiger partial charge on any atom is 0.409 e. The Balaban J connectivity index is 1.65. The molecule has 0 atom stereocenters. The Labute approximate surface area is 146 Å². The number of carbonyl (C=O) groups is 3. The molecule has 1 aliphatic rings. The maximum atomic E-state index is 12.1. The Morgan fingerprint density at radius 2 is 1.68 bits per heavy atom. The summed E-state index contributed by atoms with van der Waals surface area (Å²) in [7, 11) is 0. The van der Waals surface area contributed by atoms with Crippen LogP contribution in [0.4, 0.5) is 4.79 Å². The number of nitrogens with one attached hydrogen (secondary N) is 1. The average Bonchev–Trinajstić information content (AvgIpc) is 2.65. The molecule has 0 bridgehead atoms. The van der Waals surface area contributed by atoms with Crippen LogP contribution in [0, 0.1) is 0 Å². The van der Waals surface area contributed by atoms with Crippen molar-refractivity contribution in [1.82, 2.24) is 15.1 Å². The number of rotatable bonds is 6. The molecule has 1 aliphatic heterocycles. The van der Waals surface area contributed by atoms with Gasteiger partial charge in [-0.2, -0.15) is 0 Å². The summed E-state index contributed by atoms with van der Waals surface area (Å²) in [5, 5.41) is 2.54. The van der Waals surface area contributed by atoms with Gasteiger partial charge in [0.05, 0.1) is 13.2 Å². The summed E-state index contributed by atoms with van der Waals surface area (Å²) in [4.78, 5) is 38.7. The van der Waals surface area contributed by atoms with E-state index in [9.17, 15) is 14.4 Å². The number of ether oxygens (including phenoxy) is 2. The highest BCUT2D eigenvalue weighted by atomic mass is 16.6. The van der Waals surface area contributed by atoms with E-state index in [0.29, 0.717) is 38.5 Å². The molecule has 1 fully saturated rings. The Morgan fingerprint density at radius 3 is 2.32 bits per heavy atom. The predicted molar refractivity (Wildman–Crippen MR) is 90.1 cm³/mol. The lowest BCUT2D eigenvalue weighted by Gasteiger charge is -2.34. The zero-order valence-corrected chi connectivity index (χ0v) is 14.3. The molecule has 25 heavy (non-hydrogen) atoms. The van der Waals surface area contributed by atoms with Gasteiger partial charge in [0.15, 0.2) is 6.61 Å². The van der Waals surface area contributed by atoms with Gasteiger partial charge in [-0.05, 0) is 19.1 Å². The monoisotopic (exact) mass is 349 g/mol. The molecule has 0 aliphatic carbocycles. The second-order valence-electron chi connectivity index (χ2n) is 5.45. The van der Waals surface area contributed by atoms with Gasteiger partial charge < -0.3 is 24.6 Å². The van der Waals surface area contributed by atoms with Gasteiger partial charge in [0.25, 0.3) is 5.91 Å². The highest BCUT2D eigenvalue weighted by molar-refractivity contribution is 5.85. The zero-order chi connectivity index (χ0) is 18.1. The van der Waals surface area contributed by atoms with Crippen molar-refractivity contribution in [2.24, 2.45) is 0 Å². The molecule has 1 aromatic carbocycles. The van der Waals surface area contributed by atoms with Crippen molar-refractivity contribution >= 4 is 17.9 Å². The summed E-state index contributed by atoms with van der Waals surface area (Å²) in [6.45, 7) is 3.55. The number of amides is 3. The van der Waals surface area contributed by atoms with Gasteiger partial charge in [-0.3, -0.25) is 9.59 Å². The molecule has 2 rings (SSSR count). The summed E-state index contributed by atoms with van der Waals surface area (Å²) in [5.41, 5.74) is 0. The SMILES string of the molecule is CCOC(=O)N1CCN(C(=O)CNC(=O)COc2ccccc2)CC1. The summed E-state index contributed by atoms with van der Waals surface area (Å²) < 4.78 is 10.2. The van der Waals surface area contributed by atoms with Gasteiger partial charge in [-0.1, -0.05) is 18.2 Å². The number of hydrogen-bond donors (Lipinski definition) is 1. The molecule has 8 nitrogen and oxygen atoms in total. The normalized spacial score (nSPS) is 14.0. The predicted octanol–water partition coefficient (Wildman–Crippen LogP) is 0.482. The van der Waals surface area contributed by atoms with Gasteiger partial charge in [-0.25, -0.2) is 4.79 Å². The van der Waals surface area contributed by atoms with Crippen LogP contribution in [0.15, 0.2) is 30.3 Å². The number of benzene rings is 1. The summed E-state index contributed by atoms with van der Waals surface area (Å²) in [6, 6.07) is 8.98. The van der Waals surface area contributed by atoms with Crippen LogP contribution in [0.3, 0.4) is 0 Å². The molecule has 8 heteroatoms. The van der Waals surface area contributed by atoms with Gasteiger partial charge in [-0.15, -0.1) is 0 Å². The quantitative estimate of drug-likeness (QED) is 0.807. The van der Waals surface area contributed by atoms with Crippen LogP contribution >= 0.6 is 0 Å². The molecule has 3 amide bonds. The molecule has 0 saturated carbocycles. The first-order valence-electron chi connectivity index (χ1n) is 8.24. The van der Waals surface area contributed by atoms with E-state index in [1.54, 1.807) is 28.9 Å². The molecule has 136 valence electrons. The first kappa shape index (κ1) is 18.6. The van der Waals surface area contributed by atoms with Crippen molar-refractivity contribution in [3.8, 4) is 5.75 Å². The molecule has 1 N–H and O–H groups in total. The maximum absolute atomic E-state index is 12.1. The van der Waals surface area contributed by atoms with Crippen LogP contribution in [-0.4, -0.2) is 73.6 Å². The van der Waals surface area contributed by atoms with E-state index < -0.39 is 0 Å². The highest BCUT2D eigenvalue weighted by Gasteiger charge is 2.24. The van der Waals surface area contributed by atoms with E-state index in [-0.39, 0.29) is 31.1 Å². The molecule has 0 aromatic heterocycles. The molecule has 0 radical (unpaired) electrons. The highest BCUT2D eigenvalue weighted by Crippen LogP contribution is 2.07. The van der Waals surface area contributed by atoms with E-state index >= 15 is 0 Å². The fourth-order valence-corrected chi connectivity index (χ4v) is 2.36. The third kappa shape index (κ3) is 5.98. The van der Waals surface area contributed by atoms with Crippen LogP contribution in [0.5, 0.6) is 5.75 Å². The Hall–Kier alpha value is -2.77. The van der Waals surface area contributed by atoms with E-state index in [1.807, 2.05) is 18.2 Å². The van der Waals surface area contributed by atoms with Crippen LogP contribution in [0.25, 0.3) is 0 Å². The van der Waals surface area contributed by atoms with Crippen molar-refractivity contribution in [2.45, 2.75) is 6.92 Å². The topological polar surface area (TPSA) is 88.2 Å². The minimum absolute atomic E-state index is 0.0869. The lowest BCUT2D eigenvalue weighted by Crippen LogP contribution is -2.52. The Morgan fingerprint density at radius 1 is 1.04 bits per heavy atom. The van der Waals surface area contributed by atoms with E-state index in [4.69, 9.17) is 9.47 Å². The lowest BCUT2D eigenvalue weighted by molar-refractivity contribution is -0.134. The third-order valence-electron chi connectivity index (χ3n) is 3.71. The minimum Gasteiger partial charge on any atom is -0.484 e. The largest absolute Gasteiger partial charge is 0.484 e. The smallest absolute Gasteiger partial charge is 0.409 e. The fourth-order valence-electron chi connectivity index (χ4n) is 2.36. The zero-order valence-electron chi connectivity index (χ0n) is 14.3. The van der Waals surface area contributed by atoms with Gasteiger partial charge in [0.1, 0.15) is 5.75 Å². The second-order valence-corrected chi connectivity index (χ2v) is 5.45. The Kier molecular flexibility index (Phi) is 7.06. The van der Waals surface area contributed by atoms with Crippen molar-refractivity contribution in [2.75, 3.05) is 45.9 Å². The van der Waals surface area contributed by atoms with Gasteiger partial charge in [0.2, 0.25) is 5.91 Å². The lowest BCUT2D eigenvalue weighted by atomic mass is 10.3. The van der Waals surface area contributed by atoms with Crippen LogP contribution in [0.1, 0.15) is 6.92 Å². The number of nitrogens with zero attached hydrogens (tertiary/aromatic N) is 2. The van der Waals surface area contributed by atoms with Crippen molar-refractivity contribution in [3.63, 3.8) is 0 Å². The summed E-state index contributed by atoms with van der Waals surface area (Å²) >= 11 is 0. The van der Waals surface area contributed by atoms with Crippen molar-refractivity contribution < 1.29 is 23.9 Å². The minimum atomic E-state index is -0.360. The van der Waals surface area contributed by atoms with Crippen LogP contribution in [-0.2, 0) is 14.3 Å². The fraction of sp³-hybridized carbons (Fsp3) is 0.471. The number of carbonyl (C=O) groups excluding carboxylic acids is 3. The third-order valence-corrected chi connectivity index (χ3v) is 3.71. The molecule has 0 unspecified atom stereocenters. The van der Waals surface area contributed by atoms with Crippen molar-refractivity contribution in [3.05, 3.63) is 30.3 Å². The Bertz CT molecular complexity index is 585. The van der Waals surface area contributed by atoms with Crippen LogP contribution < -0.4 is 10.1 Å². The molecule has 0 spiro atoms. The van der Waals surface area contributed by atoms with E-state index in [1.165, 1.54) is 0 Å². The van der Waals surface area contributed by atoms with Gasteiger partial charge >= 0.3 is 6.09 Å². The first-order chi connectivity index (χ1) is 12.1. The molecule has 1 saturated heterocycles. The standard InChI is InChI=1S/C17H23N3O5/c1-2-24-17(23)20-10-8-19(9-11-20)16(22)12-18-15(21)13-25-14-6-4-3-5-7-14/h3-7H,2,8-13H2,1H3,(H,18,21). The van der Waals surface area contributed by atoms with Crippen molar-refractivity contribution in [1.29, 1.82) is 0 Å². The van der Waals surface area contributed by atoms with Crippen LogP contribution in [0.2, 0.25) is 0 Å². The number of para-hydroxylation sites is 1. The first-order valence-corrected chi connectivity index (χ1v) is 8.24. The molecule has 1 heterocycles. The van der Waals surface area contributed by atoms with E-state index in [2.05, 4.69) is 5.32 Å². The van der Waals surface area contributed by atoms with Gasteiger partial charge in [0, 0.05) is 26.2 Å². The molecule has 1 aromatic rings.